The van der Waals surface area contributed by atoms with Crippen LogP contribution in [0.15, 0.2) is 48.5 Å². The van der Waals surface area contributed by atoms with Crippen molar-refractivity contribution in [1.29, 1.82) is 5.26 Å². The summed E-state index contributed by atoms with van der Waals surface area (Å²) in [5.74, 6) is 2.02. The maximum absolute atomic E-state index is 12.3. The Morgan fingerprint density at radius 1 is 0.875 bits per heavy atom. The lowest BCUT2D eigenvalue weighted by atomic mass is 9.78. The number of carbonyl (C=O) groups excluding carboxylic acids is 1. The molecule has 3 rings (SSSR count). The predicted octanol–water partition coefficient (Wildman–Crippen LogP) is 7.88. The van der Waals surface area contributed by atoms with E-state index in [4.69, 9.17) is 10.00 Å². The molecule has 170 valence electrons. The molecule has 1 saturated carbocycles. The Hall–Kier alpha value is -2.60. The van der Waals surface area contributed by atoms with Gasteiger partial charge in [-0.2, -0.15) is 5.26 Å². The lowest BCUT2D eigenvalue weighted by Crippen LogP contribution is -2.14. The summed E-state index contributed by atoms with van der Waals surface area (Å²) in [7, 11) is 0. The Morgan fingerprint density at radius 3 is 2.03 bits per heavy atom. The van der Waals surface area contributed by atoms with Gasteiger partial charge in [0.2, 0.25) is 0 Å². The van der Waals surface area contributed by atoms with Crippen LogP contribution in [-0.4, -0.2) is 5.97 Å². The number of hydrogen-bond donors (Lipinski definition) is 0. The molecule has 0 amide bonds. The van der Waals surface area contributed by atoms with Gasteiger partial charge in [-0.3, -0.25) is 0 Å². The summed E-state index contributed by atoms with van der Waals surface area (Å²) in [6.45, 7) is 2.29. The SMILES string of the molecule is CCCCC[C@H]1CC[C@H](CCCCc2ccc(C(=O)Oc3ccc(C#N)cc3)cc2)CC1. The van der Waals surface area contributed by atoms with Crippen molar-refractivity contribution in [2.75, 3.05) is 0 Å². The van der Waals surface area contributed by atoms with E-state index in [1.807, 2.05) is 24.3 Å². The van der Waals surface area contributed by atoms with E-state index >= 15 is 0 Å². The van der Waals surface area contributed by atoms with Crippen LogP contribution in [0.1, 0.15) is 99.0 Å². The molecule has 0 N–H and O–H groups in total. The van der Waals surface area contributed by atoms with E-state index in [-0.39, 0.29) is 5.97 Å². The first-order valence-electron chi connectivity index (χ1n) is 12.5. The standard InChI is InChI=1S/C29H37NO2/c1-2-3-4-7-23-10-12-24(13-11-23)8-5-6-9-25-14-18-27(19-15-25)29(31)32-28-20-16-26(22-30)17-21-28/h14-21,23-24H,2-13H2,1H3/t23-,24-. The molecule has 0 heterocycles. The molecule has 0 saturated heterocycles. The summed E-state index contributed by atoms with van der Waals surface area (Å²) < 4.78 is 5.39. The number of rotatable bonds is 11. The highest BCUT2D eigenvalue weighted by Gasteiger charge is 2.20. The molecule has 3 heteroatoms. The minimum absolute atomic E-state index is 0.369. The van der Waals surface area contributed by atoms with E-state index in [1.54, 1.807) is 24.3 Å². The van der Waals surface area contributed by atoms with Crippen molar-refractivity contribution in [3.63, 3.8) is 0 Å². The molecule has 2 aromatic rings. The van der Waals surface area contributed by atoms with Crippen molar-refractivity contribution in [1.82, 2.24) is 0 Å². The third-order valence-corrected chi connectivity index (χ3v) is 6.89. The Balaban J connectivity index is 1.33. The second-order valence-electron chi connectivity index (χ2n) is 9.35. The number of carbonyl (C=O) groups is 1. The van der Waals surface area contributed by atoms with Crippen LogP contribution in [0.4, 0.5) is 0 Å². The minimum atomic E-state index is -0.369. The molecule has 0 aliphatic heterocycles. The molecular formula is C29H37NO2. The van der Waals surface area contributed by atoms with Gasteiger partial charge in [0.15, 0.2) is 0 Å². The predicted molar refractivity (Wildman–Crippen MR) is 130 cm³/mol. The molecule has 3 nitrogen and oxygen atoms in total. The van der Waals surface area contributed by atoms with Gasteiger partial charge in [0.1, 0.15) is 5.75 Å². The zero-order valence-electron chi connectivity index (χ0n) is 19.5. The van der Waals surface area contributed by atoms with Crippen molar-refractivity contribution in [2.24, 2.45) is 11.8 Å². The quantitative estimate of drug-likeness (QED) is 0.206. The first kappa shape index (κ1) is 24.1. The summed E-state index contributed by atoms with van der Waals surface area (Å²) in [6, 6.07) is 16.4. The first-order valence-corrected chi connectivity index (χ1v) is 12.5. The van der Waals surface area contributed by atoms with Crippen molar-refractivity contribution in [2.45, 2.75) is 84.0 Å². The van der Waals surface area contributed by atoms with Crippen LogP contribution in [-0.2, 0) is 6.42 Å². The summed E-state index contributed by atoms with van der Waals surface area (Å²) in [5.41, 5.74) is 2.37. The van der Waals surface area contributed by atoms with Gasteiger partial charge in [0.05, 0.1) is 17.2 Å². The van der Waals surface area contributed by atoms with Crippen LogP contribution in [0.3, 0.4) is 0 Å². The molecule has 0 unspecified atom stereocenters. The molecule has 0 aromatic heterocycles. The van der Waals surface area contributed by atoms with Gasteiger partial charge in [0.25, 0.3) is 0 Å². The van der Waals surface area contributed by atoms with E-state index in [0.717, 1.165) is 18.3 Å². The maximum Gasteiger partial charge on any atom is 0.343 e. The summed E-state index contributed by atoms with van der Waals surface area (Å²) in [4.78, 5) is 12.3. The van der Waals surface area contributed by atoms with Crippen LogP contribution in [0, 0.1) is 23.2 Å². The smallest absolute Gasteiger partial charge is 0.343 e. The summed E-state index contributed by atoms with van der Waals surface area (Å²) >= 11 is 0. The third-order valence-electron chi connectivity index (χ3n) is 6.89. The molecule has 2 aromatic carbocycles. The zero-order valence-corrected chi connectivity index (χ0v) is 19.5. The Bertz CT molecular complexity index is 856. The van der Waals surface area contributed by atoms with Gasteiger partial charge in [-0.15, -0.1) is 0 Å². The van der Waals surface area contributed by atoms with E-state index in [9.17, 15) is 4.79 Å². The van der Waals surface area contributed by atoms with Crippen LogP contribution in [0.5, 0.6) is 5.75 Å². The molecule has 0 radical (unpaired) electrons. The molecule has 1 aliphatic rings. The topological polar surface area (TPSA) is 50.1 Å². The number of unbranched alkanes of at least 4 members (excludes halogenated alkanes) is 3. The van der Waals surface area contributed by atoms with Crippen LogP contribution in [0.25, 0.3) is 0 Å². The highest BCUT2D eigenvalue weighted by Crippen LogP contribution is 2.34. The highest BCUT2D eigenvalue weighted by molar-refractivity contribution is 5.91. The second kappa shape index (κ2) is 13.1. The molecule has 0 spiro atoms. The van der Waals surface area contributed by atoms with E-state index in [2.05, 4.69) is 13.0 Å². The largest absolute Gasteiger partial charge is 0.423 e. The van der Waals surface area contributed by atoms with Crippen LogP contribution >= 0.6 is 0 Å². The molecule has 0 atom stereocenters. The number of esters is 1. The Kier molecular flexibility index (Phi) is 9.82. The van der Waals surface area contributed by atoms with Crippen LogP contribution in [0.2, 0.25) is 0 Å². The maximum atomic E-state index is 12.3. The van der Waals surface area contributed by atoms with Gasteiger partial charge < -0.3 is 4.74 Å². The van der Waals surface area contributed by atoms with Gasteiger partial charge in [-0.05, 0) is 66.6 Å². The van der Waals surface area contributed by atoms with Crippen LogP contribution < -0.4 is 4.74 Å². The summed E-state index contributed by atoms with van der Waals surface area (Å²) in [6.07, 6.45) is 16.4. The van der Waals surface area contributed by atoms with Gasteiger partial charge >= 0.3 is 5.97 Å². The van der Waals surface area contributed by atoms with Crippen molar-refractivity contribution < 1.29 is 9.53 Å². The Morgan fingerprint density at radius 2 is 1.47 bits per heavy atom. The van der Waals surface area contributed by atoms with E-state index < -0.39 is 0 Å². The number of nitriles is 1. The number of hydrogen-bond acceptors (Lipinski definition) is 3. The second-order valence-corrected chi connectivity index (χ2v) is 9.35. The van der Waals surface area contributed by atoms with Gasteiger partial charge in [-0.25, -0.2) is 4.79 Å². The molecule has 1 fully saturated rings. The Labute approximate surface area is 193 Å². The number of ether oxygens (including phenoxy) is 1. The van der Waals surface area contributed by atoms with Gasteiger partial charge in [-0.1, -0.05) is 83.3 Å². The number of nitrogens with zero attached hydrogens (tertiary/aromatic N) is 1. The van der Waals surface area contributed by atoms with E-state index in [0.29, 0.717) is 16.9 Å². The molecular weight excluding hydrogens is 394 g/mol. The van der Waals surface area contributed by atoms with Gasteiger partial charge in [0, 0.05) is 0 Å². The van der Waals surface area contributed by atoms with Crippen molar-refractivity contribution >= 4 is 5.97 Å². The third kappa shape index (κ3) is 7.83. The van der Waals surface area contributed by atoms with Crippen molar-refractivity contribution in [3.8, 4) is 11.8 Å². The fourth-order valence-corrected chi connectivity index (χ4v) is 4.82. The fourth-order valence-electron chi connectivity index (χ4n) is 4.82. The lowest BCUT2D eigenvalue weighted by Gasteiger charge is -2.28. The van der Waals surface area contributed by atoms with E-state index in [1.165, 1.54) is 76.2 Å². The summed E-state index contributed by atoms with van der Waals surface area (Å²) in [5, 5.41) is 8.84. The molecule has 32 heavy (non-hydrogen) atoms. The lowest BCUT2D eigenvalue weighted by molar-refractivity contribution is 0.0734. The van der Waals surface area contributed by atoms with Crippen molar-refractivity contribution in [3.05, 3.63) is 65.2 Å². The first-order chi connectivity index (χ1) is 15.7. The zero-order chi connectivity index (χ0) is 22.6. The normalized spacial score (nSPS) is 18.1. The number of aryl methyl sites for hydroxylation is 1. The monoisotopic (exact) mass is 431 g/mol. The highest BCUT2D eigenvalue weighted by atomic mass is 16.5. The average Bonchev–Trinajstić information content (AvgIpc) is 2.84. The molecule has 1 aliphatic carbocycles. The average molecular weight is 432 g/mol. The molecule has 0 bridgehead atoms. The fraction of sp³-hybridized carbons (Fsp3) is 0.517. The number of benzene rings is 2. The minimum Gasteiger partial charge on any atom is -0.423 e.